The van der Waals surface area contributed by atoms with Crippen LogP contribution >= 0.6 is 11.6 Å². The molecule has 17 heavy (non-hydrogen) atoms. The Morgan fingerprint density at radius 1 is 1.59 bits per heavy atom. The van der Waals surface area contributed by atoms with Crippen LogP contribution in [0.4, 0.5) is 0 Å². The van der Waals surface area contributed by atoms with Crippen LogP contribution in [-0.2, 0) is 6.54 Å². The molecule has 4 heteroatoms. The zero-order chi connectivity index (χ0) is 12.5. The Morgan fingerprint density at radius 2 is 2.41 bits per heavy atom. The van der Waals surface area contributed by atoms with E-state index >= 15 is 0 Å². The molecule has 0 aliphatic rings. The van der Waals surface area contributed by atoms with E-state index in [4.69, 9.17) is 16.3 Å². The minimum Gasteiger partial charge on any atom is -0.477 e. The lowest BCUT2D eigenvalue weighted by Crippen LogP contribution is -2.14. The van der Waals surface area contributed by atoms with Crippen LogP contribution in [-0.4, -0.2) is 18.1 Å². The van der Waals surface area contributed by atoms with Crippen LogP contribution in [0.5, 0.6) is 5.88 Å². The lowest BCUT2D eigenvalue weighted by atomic mass is 10.2. The second-order valence-corrected chi connectivity index (χ2v) is 4.12. The molecule has 0 bridgehead atoms. The van der Waals surface area contributed by atoms with Gasteiger partial charge in [0.1, 0.15) is 0 Å². The predicted octanol–water partition coefficient (Wildman–Crippen LogP) is 3.19. The fraction of sp³-hybridized carbons (Fsp3) is 0.462. The predicted molar refractivity (Wildman–Crippen MR) is 71.6 cm³/mol. The summed E-state index contributed by atoms with van der Waals surface area (Å²) in [4.78, 5) is 4.12. The molecule has 0 aromatic carbocycles. The van der Waals surface area contributed by atoms with E-state index in [9.17, 15) is 0 Å². The van der Waals surface area contributed by atoms with E-state index in [1.54, 1.807) is 6.20 Å². The zero-order valence-electron chi connectivity index (χ0n) is 10.2. The van der Waals surface area contributed by atoms with Gasteiger partial charge in [0, 0.05) is 18.8 Å². The quantitative estimate of drug-likeness (QED) is 0.572. The van der Waals surface area contributed by atoms with Gasteiger partial charge in [0.25, 0.3) is 0 Å². The number of ether oxygens (including phenoxy) is 1. The largest absolute Gasteiger partial charge is 0.477 e. The molecule has 1 aromatic rings. The number of hydrogen-bond acceptors (Lipinski definition) is 3. The molecule has 1 N–H and O–H groups in total. The monoisotopic (exact) mass is 254 g/mol. The third-order valence-electron chi connectivity index (χ3n) is 2.22. The van der Waals surface area contributed by atoms with E-state index in [-0.39, 0.29) is 0 Å². The van der Waals surface area contributed by atoms with Crippen LogP contribution in [0.2, 0.25) is 5.02 Å². The van der Waals surface area contributed by atoms with Gasteiger partial charge in [0.2, 0.25) is 5.88 Å². The van der Waals surface area contributed by atoms with Gasteiger partial charge in [-0.05, 0) is 24.9 Å². The molecule has 0 saturated carbocycles. The Labute approximate surface area is 108 Å². The number of halogens is 1. The number of hydrogen-bond donors (Lipinski definition) is 1. The average molecular weight is 255 g/mol. The third-order valence-corrected chi connectivity index (χ3v) is 2.56. The maximum absolute atomic E-state index is 6.06. The van der Waals surface area contributed by atoms with Crippen molar-refractivity contribution in [3.8, 4) is 5.88 Å². The first-order chi connectivity index (χ1) is 8.27. The summed E-state index contributed by atoms with van der Waals surface area (Å²) in [6.45, 7) is 8.09. The number of nitrogens with one attached hydrogen (secondary N) is 1. The van der Waals surface area contributed by atoms with E-state index in [0.717, 1.165) is 31.5 Å². The molecule has 0 aliphatic carbocycles. The van der Waals surface area contributed by atoms with Crippen molar-refractivity contribution < 1.29 is 4.74 Å². The summed E-state index contributed by atoms with van der Waals surface area (Å²) in [5, 5.41) is 3.97. The number of rotatable bonds is 8. The molecule has 0 saturated heterocycles. The molecule has 0 spiro atoms. The highest BCUT2D eigenvalue weighted by Gasteiger charge is 2.03. The Bertz CT molecular complexity index is 355. The van der Waals surface area contributed by atoms with Gasteiger partial charge in [0.05, 0.1) is 11.6 Å². The smallest absolute Gasteiger partial charge is 0.213 e. The molecular formula is C13H19ClN2O. The van der Waals surface area contributed by atoms with Crippen molar-refractivity contribution in [1.29, 1.82) is 0 Å². The fourth-order valence-electron chi connectivity index (χ4n) is 1.32. The minimum absolute atomic E-state index is 0.597. The summed E-state index contributed by atoms with van der Waals surface area (Å²) in [5.74, 6) is 0.615. The lowest BCUT2D eigenvalue weighted by molar-refractivity contribution is 0.312. The Kier molecular flexibility index (Phi) is 6.67. The fourth-order valence-corrected chi connectivity index (χ4v) is 1.49. The van der Waals surface area contributed by atoms with Crippen LogP contribution in [0.15, 0.2) is 24.9 Å². The van der Waals surface area contributed by atoms with Crippen molar-refractivity contribution in [3.63, 3.8) is 0 Å². The van der Waals surface area contributed by atoms with Crippen molar-refractivity contribution in [2.24, 2.45) is 0 Å². The molecule has 1 aromatic heterocycles. The van der Waals surface area contributed by atoms with Crippen LogP contribution < -0.4 is 10.1 Å². The maximum atomic E-state index is 6.06. The molecule has 0 atom stereocenters. The molecule has 1 rings (SSSR count). The molecule has 3 nitrogen and oxygen atoms in total. The van der Waals surface area contributed by atoms with Gasteiger partial charge >= 0.3 is 0 Å². The summed E-state index contributed by atoms with van der Waals surface area (Å²) < 4.78 is 5.48. The van der Waals surface area contributed by atoms with Crippen LogP contribution in [0.25, 0.3) is 0 Å². The number of nitrogens with zero attached hydrogens (tertiary/aromatic N) is 1. The number of aromatic nitrogens is 1. The minimum atomic E-state index is 0.597. The van der Waals surface area contributed by atoms with Gasteiger partial charge in [-0.3, -0.25) is 0 Å². The maximum Gasteiger partial charge on any atom is 0.213 e. The van der Waals surface area contributed by atoms with E-state index in [0.29, 0.717) is 17.5 Å². The van der Waals surface area contributed by atoms with Crippen LogP contribution in [0, 0.1) is 0 Å². The normalized spacial score (nSPS) is 10.2. The highest BCUT2D eigenvalue weighted by atomic mass is 35.5. The summed E-state index contributed by atoms with van der Waals surface area (Å²) >= 11 is 6.06. The highest BCUT2D eigenvalue weighted by Crippen LogP contribution is 2.19. The van der Waals surface area contributed by atoms with Crippen LogP contribution in [0.3, 0.4) is 0 Å². The second-order valence-electron chi connectivity index (χ2n) is 3.72. The molecule has 1 heterocycles. The van der Waals surface area contributed by atoms with Gasteiger partial charge in [-0.2, -0.15) is 0 Å². The van der Waals surface area contributed by atoms with E-state index in [1.165, 1.54) is 0 Å². The molecule has 0 fully saturated rings. The topological polar surface area (TPSA) is 34.1 Å². The summed E-state index contributed by atoms with van der Waals surface area (Å²) in [6.07, 6.45) is 5.37. The van der Waals surface area contributed by atoms with E-state index in [1.807, 2.05) is 12.1 Å². The van der Waals surface area contributed by atoms with Crippen molar-refractivity contribution in [1.82, 2.24) is 10.3 Å². The van der Waals surface area contributed by atoms with Crippen LogP contribution in [0.1, 0.15) is 25.3 Å². The van der Waals surface area contributed by atoms with Crippen molar-refractivity contribution >= 4 is 11.6 Å². The first-order valence-electron chi connectivity index (χ1n) is 5.86. The lowest BCUT2D eigenvalue weighted by Gasteiger charge is -2.08. The standard InChI is InChI=1S/C13H19ClN2O/c1-3-5-7-17-13-8-11(9-15-6-4-2)12(14)10-16-13/h3,8,10,15H,1,4-7,9H2,2H3. The van der Waals surface area contributed by atoms with Gasteiger partial charge in [0.15, 0.2) is 0 Å². The van der Waals surface area contributed by atoms with Gasteiger partial charge in [-0.15, -0.1) is 6.58 Å². The second kappa shape index (κ2) is 8.09. The Hall–Kier alpha value is -1.06. The first-order valence-corrected chi connectivity index (χ1v) is 6.24. The Balaban J connectivity index is 2.55. The van der Waals surface area contributed by atoms with Crippen molar-refractivity contribution in [3.05, 3.63) is 35.5 Å². The van der Waals surface area contributed by atoms with Gasteiger partial charge in [-0.25, -0.2) is 4.98 Å². The highest BCUT2D eigenvalue weighted by molar-refractivity contribution is 6.31. The molecular weight excluding hydrogens is 236 g/mol. The summed E-state index contributed by atoms with van der Waals surface area (Å²) in [7, 11) is 0. The first kappa shape index (κ1) is 14.0. The average Bonchev–Trinajstić information content (AvgIpc) is 2.33. The van der Waals surface area contributed by atoms with Gasteiger partial charge in [-0.1, -0.05) is 24.6 Å². The SMILES string of the molecule is C=CCCOc1cc(CNCCC)c(Cl)cn1. The molecule has 0 radical (unpaired) electrons. The summed E-state index contributed by atoms with van der Waals surface area (Å²) in [6, 6.07) is 1.88. The Morgan fingerprint density at radius 3 is 3.12 bits per heavy atom. The summed E-state index contributed by atoms with van der Waals surface area (Å²) in [5.41, 5.74) is 1.02. The van der Waals surface area contributed by atoms with E-state index < -0.39 is 0 Å². The molecule has 0 unspecified atom stereocenters. The van der Waals surface area contributed by atoms with Gasteiger partial charge < -0.3 is 10.1 Å². The van der Waals surface area contributed by atoms with E-state index in [2.05, 4.69) is 23.8 Å². The molecule has 0 amide bonds. The van der Waals surface area contributed by atoms with Crippen molar-refractivity contribution in [2.75, 3.05) is 13.2 Å². The van der Waals surface area contributed by atoms with Crippen molar-refractivity contribution in [2.45, 2.75) is 26.3 Å². The zero-order valence-corrected chi connectivity index (χ0v) is 11.0. The molecule has 94 valence electrons. The number of pyridine rings is 1. The third kappa shape index (κ3) is 5.20. The molecule has 0 aliphatic heterocycles.